The molecule has 100 valence electrons. The van der Waals surface area contributed by atoms with Gasteiger partial charge in [0.15, 0.2) is 5.82 Å². The molecule has 0 atom stereocenters. The Labute approximate surface area is 116 Å². The van der Waals surface area contributed by atoms with Crippen molar-refractivity contribution in [1.82, 2.24) is 4.98 Å². The van der Waals surface area contributed by atoms with Crippen molar-refractivity contribution in [2.45, 2.75) is 13.5 Å². The fourth-order valence-corrected chi connectivity index (χ4v) is 1.60. The summed E-state index contributed by atoms with van der Waals surface area (Å²) in [6, 6.07) is 14.6. The molecule has 0 aliphatic rings. The van der Waals surface area contributed by atoms with Gasteiger partial charge in [0, 0.05) is 5.69 Å². The van der Waals surface area contributed by atoms with E-state index in [0.717, 1.165) is 5.56 Å². The Balaban J connectivity index is 1.98. The first-order valence-electron chi connectivity index (χ1n) is 6.04. The van der Waals surface area contributed by atoms with E-state index in [1.54, 1.807) is 19.1 Å². The third-order valence-electron chi connectivity index (χ3n) is 2.59. The summed E-state index contributed by atoms with van der Waals surface area (Å²) < 4.78 is 5.07. The van der Waals surface area contributed by atoms with Crippen molar-refractivity contribution < 1.29 is 9.53 Å². The second-order valence-corrected chi connectivity index (χ2v) is 4.15. The average Bonchev–Trinajstić information content (AvgIpc) is 2.46. The van der Waals surface area contributed by atoms with E-state index in [9.17, 15) is 4.79 Å². The highest BCUT2D eigenvalue weighted by Gasteiger charge is 2.09. The first-order valence-corrected chi connectivity index (χ1v) is 6.04. The predicted molar refractivity (Wildman–Crippen MR) is 73.9 cm³/mol. The van der Waals surface area contributed by atoms with Crippen LogP contribution in [0.2, 0.25) is 0 Å². The fraction of sp³-hybridized carbons (Fsp3) is 0.133. The third-order valence-corrected chi connectivity index (χ3v) is 2.59. The van der Waals surface area contributed by atoms with E-state index in [4.69, 9.17) is 10.00 Å². The zero-order valence-corrected chi connectivity index (χ0v) is 11.0. The van der Waals surface area contributed by atoms with Gasteiger partial charge in [-0.2, -0.15) is 5.26 Å². The summed E-state index contributed by atoms with van der Waals surface area (Å²) in [5.41, 5.74) is 1.90. The van der Waals surface area contributed by atoms with Crippen LogP contribution in [-0.4, -0.2) is 11.1 Å². The zero-order valence-electron chi connectivity index (χ0n) is 11.0. The van der Waals surface area contributed by atoms with Crippen LogP contribution in [-0.2, 0) is 11.3 Å². The van der Waals surface area contributed by atoms with Gasteiger partial charge in [-0.25, -0.2) is 9.78 Å². The van der Waals surface area contributed by atoms with Crippen molar-refractivity contribution in [2.75, 3.05) is 5.32 Å². The number of rotatable bonds is 3. The van der Waals surface area contributed by atoms with Crippen molar-refractivity contribution in [1.29, 1.82) is 5.26 Å². The monoisotopic (exact) mass is 267 g/mol. The minimum Gasteiger partial charge on any atom is -0.444 e. The molecule has 0 radical (unpaired) electrons. The molecule has 5 nitrogen and oxygen atoms in total. The molecule has 0 aliphatic carbocycles. The SMILES string of the molecule is Cc1ccc(C#N)c(NC(=O)OCc2ccccc2)n1. The molecule has 2 aromatic rings. The summed E-state index contributed by atoms with van der Waals surface area (Å²) in [5, 5.41) is 11.4. The maximum Gasteiger partial charge on any atom is 0.413 e. The van der Waals surface area contributed by atoms with Gasteiger partial charge in [0.2, 0.25) is 0 Å². The maximum absolute atomic E-state index is 11.7. The lowest BCUT2D eigenvalue weighted by Gasteiger charge is -2.08. The van der Waals surface area contributed by atoms with Crippen LogP contribution < -0.4 is 5.32 Å². The number of amides is 1. The van der Waals surface area contributed by atoms with Gasteiger partial charge < -0.3 is 4.74 Å². The van der Waals surface area contributed by atoms with Crippen LogP contribution in [0.3, 0.4) is 0 Å². The Bertz CT molecular complexity index is 648. The van der Waals surface area contributed by atoms with Crippen molar-refractivity contribution in [3.63, 3.8) is 0 Å². The highest BCUT2D eigenvalue weighted by atomic mass is 16.5. The molecule has 1 N–H and O–H groups in total. The molecule has 0 unspecified atom stereocenters. The first-order chi connectivity index (χ1) is 9.69. The number of carbonyl (C=O) groups is 1. The molecule has 1 aromatic heterocycles. The van der Waals surface area contributed by atoms with Crippen LogP contribution in [0.25, 0.3) is 0 Å². The number of anilines is 1. The van der Waals surface area contributed by atoms with Crippen molar-refractivity contribution in [3.05, 3.63) is 59.3 Å². The van der Waals surface area contributed by atoms with E-state index in [1.807, 2.05) is 36.4 Å². The summed E-state index contributed by atoms with van der Waals surface area (Å²) in [7, 11) is 0. The second kappa shape index (κ2) is 6.34. The molecule has 0 fully saturated rings. The number of aromatic nitrogens is 1. The molecule has 1 aromatic carbocycles. The van der Waals surface area contributed by atoms with Gasteiger partial charge in [0.1, 0.15) is 12.7 Å². The van der Waals surface area contributed by atoms with Crippen LogP contribution in [0.1, 0.15) is 16.8 Å². The van der Waals surface area contributed by atoms with Crippen LogP contribution >= 0.6 is 0 Å². The number of carbonyl (C=O) groups excluding carboxylic acids is 1. The van der Waals surface area contributed by atoms with E-state index < -0.39 is 6.09 Å². The lowest BCUT2D eigenvalue weighted by atomic mass is 10.2. The first kappa shape index (κ1) is 13.6. The Kier molecular flexibility index (Phi) is 4.30. The van der Waals surface area contributed by atoms with Crippen LogP contribution in [0.5, 0.6) is 0 Å². The van der Waals surface area contributed by atoms with Gasteiger partial charge in [0.25, 0.3) is 0 Å². The van der Waals surface area contributed by atoms with E-state index in [1.165, 1.54) is 0 Å². The Hall–Kier alpha value is -2.87. The number of nitrogens with zero attached hydrogens (tertiary/aromatic N) is 2. The molecule has 0 bridgehead atoms. The van der Waals surface area contributed by atoms with E-state index in [-0.39, 0.29) is 12.4 Å². The Morgan fingerprint density at radius 3 is 2.75 bits per heavy atom. The molecule has 1 heterocycles. The number of ether oxygens (including phenoxy) is 1. The zero-order chi connectivity index (χ0) is 14.4. The number of hydrogen-bond donors (Lipinski definition) is 1. The Morgan fingerprint density at radius 2 is 2.05 bits per heavy atom. The van der Waals surface area contributed by atoms with E-state index >= 15 is 0 Å². The highest BCUT2D eigenvalue weighted by Crippen LogP contribution is 2.12. The molecule has 0 saturated carbocycles. The van der Waals surface area contributed by atoms with Crippen LogP contribution in [0, 0.1) is 18.3 Å². The van der Waals surface area contributed by atoms with E-state index in [2.05, 4.69) is 10.3 Å². The largest absolute Gasteiger partial charge is 0.444 e. The molecule has 0 saturated heterocycles. The molecular formula is C15H13N3O2. The molecule has 0 spiro atoms. The van der Waals surface area contributed by atoms with Crippen molar-refractivity contribution >= 4 is 11.9 Å². The Morgan fingerprint density at radius 1 is 1.30 bits per heavy atom. The number of aryl methyl sites for hydroxylation is 1. The molecule has 5 heteroatoms. The normalized spacial score (nSPS) is 9.60. The summed E-state index contributed by atoms with van der Waals surface area (Å²) >= 11 is 0. The van der Waals surface area contributed by atoms with Gasteiger partial charge in [0.05, 0.1) is 5.56 Å². The lowest BCUT2D eigenvalue weighted by molar-refractivity contribution is 0.155. The number of nitrogens with one attached hydrogen (secondary N) is 1. The van der Waals surface area contributed by atoms with Crippen LogP contribution in [0.4, 0.5) is 10.6 Å². The summed E-state index contributed by atoms with van der Waals surface area (Å²) in [4.78, 5) is 15.8. The van der Waals surface area contributed by atoms with Crippen molar-refractivity contribution in [3.8, 4) is 6.07 Å². The second-order valence-electron chi connectivity index (χ2n) is 4.15. The van der Waals surface area contributed by atoms with E-state index in [0.29, 0.717) is 11.3 Å². The quantitative estimate of drug-likeness (QED) is 0.927. The maximum atomic E-state index is 11.7. The number of nitriles is 1. The van der Waals surface area contributed by atoms with Crippen LogP contribution in [0.15, 0.2) is 42.5 Å². The summed E-state index contributed by atoms with van der Waals surface area (Å²) in [5.74, 6) is 0.213. The molecule has 1 amide bonds. The average molecular weight is 267 g/mol. The predicted octanol–water partition coefficient (Wildman–Crippen LogP) is 3.01. The van der Waals surface area contributed by atoms with Gasteiger partial charge in [-0.1, -0.05) is 30.3 Å². The lowest BCUT2D eigenvalue weighted by Crippen LogP contribution is -2.15. The molecule has 0 aliphatic heterocycles. The topological polar surface area (TPSA) is 75.0 Å². The third kappa shape index (κ3) is 3.56. The highest BCUT2D eigenvalue weighted by molar-refractivity contribution is 5.85. The molecular weight excluding hydrogens is 254 g/mol. The minimum absolute atomic E-state index is 0.167. The fourth-order valence-electron chi connectivity index (χ4n) is 1.60. The van der Waals surface area contributed by atoms with Gasteiger partial charge in [-0.05, 0) is 24.6 Å². The smallest absolute Gasteiger partial charge is 0.413 e. The number of benzene rings is 1. The minimum atomic E-state index is -0.636. The van der Waals surface area contributed by atoms with Gasteiger partial charge in [-0.3, -0.25) is 5.32 Å². The van der Waals surface area contributed by atoms with Crippen molar-refractivity contribution in [2.24, 2.45) is 0 Å². The van der Waals surface area contributed by atoms with Gasteiger partial charge in [-0.15, -0.1) is 0 Å². The number of pyridine rings is 1. The summed E-state index contributed by atoms with van der Waals surface area (Å²) in [6.07, 6.45) is -0.636. The summed E-state index contributed by atoms with van der Waals surface area (Å²) in [6.45, 7) is 1.95. The molecule has 20 heavy (non-hydrogen) atoms. The molecule has 2 rings (SSSR count). The number of hydrogen-bond acceptors (Lipinski definition) is 4. The van der Waals surface area contributed by atoms with Gasteiger partial charge >= 0.3 is 6.09 Å². The standard InChI is InChI=1S/C15H13N3O2/c1-11-7-8-13(9-16)14(17-11)18-15(19)20-10-12-5-3-2-4-6-12/h2-8H,10H2,1H3,(H,17,18,19).